The third-order valence-corrected chi connectivity index (χ3v) is 5.39. The van der Waals surface area contributed by atoms with Gasteiger partial charge in [0.05, 0.1) is 8.45 Å². The first-order valence-electron chi connectivity index (χ1n) is 5.83. The van der Waals surface area contributed by atoms with Gasteiger partial charge in [-0.05, 0) is 54.3 Å². The summed E-state index contributed by atoms with van der Waals surface area (Å²) in [4.78, 5) is 14.5. The SMILES string of the molecule is O=C(c1csc(I)c1)N1CCCCC1CCBr. The van der Waals surface area contributed by atoms with Crippen LogP contribution in [0.2, 0.25) is 0 Å². The number of hydrogen-bond acceptors (Lipinski definition) is 2. The molecule has 2 heterocycles. The second kappa shape index (κ2) is 6.52. The molecule has 1 unspecified atom stereocenters. The van der Waals surface area contributed by atoms with Crippen molar-refractivity contribution in [3.8, 4) is 0 Å². The maximum Gasteiger partial charge on any atom is 0.254 e. The molecule has 1 aromatic rings. The van der Waals surface area contributed by atoms with Gasteiger partial charge in [0.15, 0.2) is 0 Å². The molecule has 0 aromatic carbocycles. The van der Waals surface area contributed by atoms with Gasteiger partial charge in [-0.1, -0.05) is 15.9 Å². The Bertz CT molecular complexity index is 394. The van der Waals surface area contributed by atoms with Crippen LogP contribution < -0.4 is 0 Å². The number of nitrogens with zero attached hydrogens (tertiary/aromatic N) is 1. The van der Waals surface area contributed by atoms with Crippen molar-refractivity contribution in [3.63, 3.8) is 0 Å². The van der Waals surface area contributed by atoms with Crippen LogP contribution in [0.15, 0.2) is 11.4 Å². The second-order valence-corrected chi connectivity index (χ2v) is 7.86. The first kappa shape index (κ1) is 13.8. The first-order chi connectivity index (χ1) is 8.22. The van der Waals surface area contributed by atoms with Crippen LogP contribution in [0.3, 0.4) is 0 Å². The van der Waals surface area contributed by atoms with Gasteiger partial charge in [0.1, 0.15) is 0 Å². The minimum absolute atomic E-state index is 0.217. The van der Waals surface area contributed by atoms with E-state index in [1.807, 2.05) is 11.4 Å². The second-order valence-electron chi connectivity index (χ2n) is 4.27. The lowest BCUT2D eigenvalue weighted by atomic mass is 9.99. The van der Waals surface area contributed by atoms with Gasteiger partial charge in [0.2, 0.25) is 0 Å². The molecule has 0 N–H and O–H groups in total. The average Bonchev–Trinajstić information content (AvgIpc) is 2.76. The number of piperidine rings is 1. The molecule has 0 aliphatic carbocycles. The summed E-state index contributed by atoms with van der Waals surface area (Å²) in [6.45, 7) is 0.920. The third kappa shape index (κ3) is 3.44. The van der Waals surface area contributed by atoms with Crippen molar-refractivity contribution in [3.05, 3.63) is 19.9 Å². The quantitative estimate of drug-likeness (QED) is 0.524. The summed E-state index contributed by atoms with van der Waals surface area (Å²) in [6, 6.07) is 2.42. The molecule has 94 valence electrons. The minimum Gasteiger partial charge on any atom is -0.336 e. The molecule has 0 radical (unpaired) electrons. The van der Waals surface area contributed by atoms with E-state index < -0.39 is 0 Å². The molecule has 0 spiro atoms. The number of likely N-dealkylation sites (tertiary alicyclic amines) is 1. The highest BCUT2D eigenvalue weighted by Crippen LogP contribution is 2.24. The summed E-state index contributed by atoms with van der Waals surface area (Å²) in [5.41, 5.74) is 0.862. The Labute approximate surface area is 128 Å². The summed E-state index contributed by atoms with van der Waals surface area (Å²) in [6.07, 6.45) is 4.61. The number of alkyl halides is 1. The Balaban J connectivity index is 2.10. The number of carbonyl (C=O) groups excluding carboxylic acids is 1. The number of halogens is 2. The van der Waals surface area contributed by atoms with E-state index in [-0.39, 0.29) is 5.91 Å². The van der Waals surface area contributed by atoms with E-state index >= 15 is 0 Å². The predicted molar refractivity (Wildman–Crippen MR) is 84.1 cm³/mol. The highest BCUT2D eigenvalue weighted by molar-refractivity contribution is 14.1. The molecule has 2 nitrogen and oxygen atoms in total. The zero-order valence-corrected chi connectivity index (χ0v) is 14.1. The van der Waals surface area contributed by atoms with Gasteiger partial charge in [-0.2, -0.15) is 0 Å². The zero-order chi connectivity index (χ0) is 12.3. The van der Waals surface area contributed by atoms with Crippen LogP contribution in [0.5, 0.6) is 0 Å². The van der Waals surface area contributed by atoms with E-state index in [9.17, 15) is 4.79 Å². The fourth-order valence-corrected chi connectivity index (χ4v) is 4.13. The van der Waals surface area contributed by atoms with Crippen LogP contribution in [0.25, 0.3) is 0 Å². The molecule has 1 aliphatic heterocycles. The summed E-state index contributed by atoms with van der Waals surface area (Å²) in [5.74, 6) is 0.217. The number of hydrogen-bond donors (Lipinski definition) is 0. The summed E-state index contributed by atoms with van der Waals surface area (Å²) in [7, 11) is 0. The Morgan fingerprint density at radius 3 is 3.06 bits per heavy atom. The van der Waals surface area contributed by atoms with Gasteiger partial charge in [0.25, 0.3) is 5.91 Å². The Morgan fingerprint density at radius 2 is 2.41 bits per heavy atom. The maximum atomic E-state index is 12.4. The largest absolute Gasteiger partial charge is 0.336 e. The van der Waals surface area contributed by atoms with Crippen LogP contribution in [-0.2, 0) is 0 Å². The number of amides is 1. The third-order valence-electron chi connectivity index (χ3n) is 3.14. The molecule has 1 fully saturated rings. The van der Waals surface area contributed by atoms with Crippen molar-refractivity contribution >= 4 is 55.8 Å². The van der Waals surface area contributed by atoms with Gasteiger partial charge >= 0.3 is 0 Å². The molecule has 5 heteroatoms. The van der Waals surface area contributed by atoms with Gasteiger partial charge in [0, 0.05) is 23.3 Å². The summed E-state index contributed by atoms with van der Waals surface area (Å²) < 4.78 is 1.18. The Kier molecular flexibility index (Phi) is 5.29. The number of thiophene rings is 1. The van der Waals surface area contributed by atoms with Gasteiger partial charge in [-0.15, -0.1) is 11.3 Å². The van der Waals surface area contributed by atoms with Crippen molar-refractivity contribution in [2.75, 3.05) is 11.9 Å². The van der Waals surface area contributed by atoms with E-state index in [0.29, 0.717) is 6.04 Å². The van der Waals surface area contributed by atoms with Gasteiger partial charge in [-0.3, -0.25) is 4.79 Å². The van der Waals surface area contributed by atoms with Crippen molar-refractivity contribution in [2.45, 2.75) is 31.7 Å². The molecule has 1 amide bonds. The molecule has 0 bridgehead atoms. The Hall–Kier alpha value is 0.380. The fourth-order valence-electron chi connectivity index (χ4n) is 2.28. The van der Waals surface area contributed by atoms with Crippen molar-refractivity contribution in [2.24, 2.45) is 0 Å². The minimum atomic E-state index is 0.217. The van der Waals surface area contributed by atoms with Gasteiger partial charge < -0.3 is 4.90 Å². The molecule has 1 atom stereocenters. The molecular formula is C12H15BrINOS. The molecular weight excluding hydrogens is 413 g/mol. The molecule has 17 heavy (non-hydrogen) atoms. The van der Waals surface area contributed by atoms with Crippen molar-refractivity contribution < 1.29 is 4.79 Å². The molecule has 1 aliphatic rings. The highest BCUT2D eigenvalue weighted by Gasteiger charge is 2.27. The van der Waals surface area contributed by atoms with Crippen LogP contribution in [0, 0.1) is 2.88 Å². The van der Waals surface area contributed by atoms with Crippen LogP contribution in [0.1, 0.15) is 36.0 Å². The normalized spacial score (nSPS) is 20.6. The van der Waals surface area contributed by atoms with E-state index in [1.54, 1.807) is 11.3 Å². The van der Waals surface area contributed by atoms with E-state index in [2.05, 4.69) is 43.4 Å². The Morgan fingerprint density at radius 1 is 1.59 bits per heavy atom. The standard InChI is InChI=1S/C12H15BrINOS/c13-5-4-10-3-1-2-6-15(10)12(16)9-7-11(14)17-8-9/h7-8,10H,1-6H2. The summed E-state index contributed by atoms with van der Waals surface area (Å²) in [5, 5.41) is 2.95. The monoisotopic (exact) mass is 427 g/mol. The van der Waals surface area contributed by atoms with E-state index in [4.69, 9.17) is 0 Å². The lowest BCUT2D eigenvalue weighted by Crippen LogP contribution is -2.43. The van der Waals surface area contributed by atoms with Crippen molar-refractivity contribution in [1.82, 2.24) is 4.90 Å². The molecule has 1 saturated heterocycles. The molecule has 1 aromatic heterocycles. The first-order valence-corrected chi connectivity index (χ1v) is 8.91. The van der Waals surface area contributed by atoms with Crippen LogP contribution in [-0.4, -0.2) is 28.7 Å². The van der Waals surface area contributed by atoms with E-state index in [0.717, 1.165) is 36.7 Å². The van der Waals surface area contributed by atoms with Crippen molar-refractivity contribution in [1.29, 1.82) is 0 Å². The van der Waals surface area contributed by atoms with Crippen LogP contribution in [0.4, 0.5) is 0 Å². The topological polar surface area (TPSA) is 20.3 Å². The van der Waals surface area contributed by atoms with Crippen LogP contribution >= 0.6 is 49.9 Å². The zero-order valence-electron chi connectivity index (χ0n) is 9.49. The molecule has 2 rings (SSSR count). The summed E-state index contributed by atoms with van der Waals surface area (Å²) >= 11 is 7.39. The fraction of sp³-hybridized carbons (Fsp3) is 0.583. The smallest absolute Gasteiger partial charge is 0.254 e. The lowest BCUT2D eigenvalue weighted by Gasteiger charge is -2.35. The highest BCUT2D eigenvalue weighted by atomic mass is 127. The lowest BCUT2D eigenvalue weighted by molar-refractivity contribution is 0.0610. The maximum absolute atomic E-state index is 12.4. The number of rotatable bonds is 3. The van der Waals surface area contributed by atoms with E-state index in [1.165, 1.54) is 9.30 Å². The average molecular weight is 428 g/mol. The van der Waals surface area contributed by atoms with Gasteiger partial charge in [-0.25, -0.2) is 0 Å². The predicted octanol–water partition coefficient (Wildman–Crippen LogP) is 4.13. The number of carbonyl (C=O) groups is 1. The molecule has 0 saturated carbocycles.